The van der Waals surface area contributed by atoms with Gasteiger partial charge in [0.2, 0.25) is 5.91 Å². The zero-order valence-electron chi connectivity index (χ0n) is 13.6. The summed E-state index contributed by atoms with van der Waals surface area (Å²) in [6.45, 7) is 2.81. The SMILES string of the molecule is CC(C(=O)Nc1ccc(Br)cc1F)N(C)CCOc1ccccc1. The summed E-state index contributed by atoms with van der Waals surface area (Å²) in [6.07, 6.45) is 0. The van der Waals surface area contributed by atoms with Crippen molar-refractivity contribution in [1.29, 1.82) is 0 Å². The normalized spacial score (nSPS) is 12.0. The van der Waals surface area contributed by atoms with E-state index in [1.54, 1.807) is 13.0 Å². The molecule has 0 fully saturated rings. The summed E-state index contributed by atoms with van der Waals surface area (Å²) >= 11 is 3.19. The Morgan fingerprint density at radius 2 is 2.00 bits per heavy atom. The first-order valence-corrected chi connectivity index (χ1v) is 8.40. The first kappa shape index (κ1) is 18.4. The van der Waals surface area contributed by atoms with Crippen molar-refractivity contribution in [3.8, 4) is 5.75 Å². The monoisotopic (exact) mass is 394 g/mol. The van der Waals surface area contributed by atoms with Gasteiger partial charge in [-0.25, -0.2) is 4.39 Å². The lowest BCUT2D eigenvalue weighted by Crippen LogP contribution is -2.41. The van der Waals surface area contributed by atoms with E-state index < -0.39 is 11.9 Å². The molecule has 0 saturated carbocycles. The average Bonchev–Trinajstić information content (AvgIpc) is 2.57. The van der Waals surface area contributed by atoms with E-state index >= 15 is 0 Å². The summed E-state index contributed by atoms with van der Waals surface area (Å²) < 4.78 is 20.0. The van der Waals surface area contributed by atoms with Gasteiger partial charge in [-0.05, 0) is 44.3 Å². The number of anilines is 1. The van der Waals surface area contributed by atoms with Gasteiger partial charge >= 0.3 is 0 Å². The molecule has 4 nitrogen and oxygen atoms in total. The first-order chi connectivity index (χ1) is 11.5. The Morgan fingerprint density at radius 3 is 2.67 bits per heavy atom. The molecule has 0 spiro atoms. The standard InChI is InChI=1S/C18H20BrFN2O2/c1-13(18(23)21-17-9-8-14(19)12-16(17)20)22(2)10-11-24-15-6-4-3-5-7-15/h3-9,12-13H,10-11H2,1-2H3,(H,21,23). The molecule has 1 atom stereocenters. The number of hydrogen-bond donors (Lipinski definition) is 1. The fraction of sp³-hybridized carbons (Fsp3) is 0.278. The van der Waals surface area contributed by atoms with E-state index in [-0.39, 0.29) is 11.6 Å². The van der Waals surface area contributed by atoms with Crippen molar-refractivity contribution in [2.75, 3.05) is 25.5 Å². The Hall–Kier alpha value is -1.92. The van der Waals surface area contributed by atoms with E-state index in [1.807, 2.05) is 42.3 Å². The lowest BCUT2D eigenvalue weighted by atomic mass is 10.2. The number of likely N-dealkylation sites (N-methyl/N-ethyl adjacent to an activating group) is 1. The van der Waals surface area contributed by atoms with Gasteiger partial charge in [0.1, 0.15) is 18.2 Å². The maximum absolute atomic E-state index is 13.8. The Kier molecular flexibility index (Phi) is 6.75. The highest BCUT2D eigenvalue weighted by atomic mass is 79.9. The van der Waals surface area contributed by atoms with Crippen LogP contribution in [0.15, 0.2) is 53.0 Å². The Balaban J connectivity index is 1.83. The predicted octanol–water partition coefficient (Wildman–Crippen LogP) is 3.93. The van der Waals surface area contributed by atoms with E-state index in [9.17, 15) is 9.18 Å². The smallest absolute Gasteiger partial charge is 0.241 e. The lowest BCUT2D eigenvalue weighted by molar-refractivity contribution is -0.120. The van der Waals surface area contributed by atoms with Crippen LogP contribution in [0.3, 0.4) is 0 Å². The van der Waals surface area contributed by atoms with Crippen molar-refractivity contribution in [2.24, 2.45) is 0 Å². The number of carbonyl (C=O) groups excluding carboxylic acids is 1. The van der Waals surface area contributed by atoms with Crippen LogP contribution < -0.4 is 10.1 Å². The van der Waals surface area contributed by atoms with Gasteiger partial charge in [0, 0.05) is 11.0 Å². The third-order valence-electron chi connectivity index (χ3n) is 3.69. The predicted molar refractivity (Wildman–Crippen MR) is 96.8 cm³/mol. The Labute approximate surface area is 149 Å². The highest BCUT2D eigenvalue weighted by Gasteiger charge is 2.19. The molecular formula is C18H20BrFN2O2. The molecule has 2 aromatic rings. The molecular weight excluding hydrogens is 375 g/mol. The van der Waals surface area contributed by atoms with Crippen LogP contribution in [0.5, 0.6) is 5.75 Å². The fourth-order valence-corrected chi connectivity index (χ4v) is 2.38. The number of nitrogens with zero attached hydrogens (tertiary/aromatic N) is 1. The Bertz CT molecular complexity index is 682. The Morgan fingerprint density at radius 1 is 1.29 bits per heavy atom. The summed E-state index contributed by atoms with van der Waals surface area (Å²) in [5, 5.41) is 2.61. The third kappa shape index (κ3) is 5.32. The van der Waals surface area contributed by atoms with Gasteiger partial charge in [-0.2, -0.15) is 0 Å². The molecule has 24 heavy (non-hydrogen) atoms. The molecule has 0 bridgehead atoms. The van der Waals surface area contributed by atoms with E-state index in [4.69, 9.17) is 4.74 Å². The average molecular weight is 395 g/mol. The van der Waals surface area contributed by atoms with Gasteiger partial charge in [-0.3, -0.25) is 9.69 Å². The minimum atomic E-state index is -0.472. The summed E-state index contributed by atoms with van der Waals surface area (Å²) in [4.78, 5) is 14.1. The number of ether oxygens (including phenoxy) is 1. The molecule has 2 rings (SSSR count). The molecule has 0 aliphatic carbocycles. The summed E-state index contributed by atoms with van der Waals surface area (Å²) in [5.74, 6) is 0.0540. The maximum atomic E-state index is 13.8. The molecule has 1 N–H and O–H groups in total. The zero-order valence-corrected chi connectivity index (χ0v) is 15.2. The van der Waals surface area contributed by atoms with Gasteiger partial charge in [0.05, 0.1) is 11.7 Å². The minimum Gasteiger partial charge on any atom is -0.492 e. The molecule has 6 heteroatoms. The molecule has 0 aliphatic rings. The second-order valence-corrected chi connectivity index (χ2v) is 6.35. The van der Waals surface area contributed by atoms with Crippen molar-refractivity contribution < 1.29 is 13.9 Å². The van der Waals surface area contributed by atoms with Gasteiger partial charge in [0.25, 0.3) is 0 Å². The van der Waals surface area contributed by atoms with Crippen LogP contribution in [0.1, 0.15) is 6.92 Å². The minimum absolute atomic E-state index is 0.170. The number of para-hydroxylation sites is 1. The molecule has 0 heterocycles. The van der Waals surface area contributed by atoms with Gasteiger partial charge in [-0.15, -0.1) is 0 Å². The van der Waals surface area contributed by atoms with Crippen molar-refractivity contribution in [1.82, 2.24) is 4.90 Å². The highest BCUT2D eigenvalue weighted by Crippen LogP contribution is 2.19. The fourth-order valence-electron chi connectivity index (χ4n) is 2.05. The molecule has 0 aromatic heterocycles. The van der Waals surface area contributed by atoms with Crippen molar-refractivity contribution >= 4 is 27.5 Å². The largest absolute Gasteiger partial charge is 0.492 e. The number of amides is 1. The molecule has 128 valence electrons. The summed E-state index contributed by atoms with van der Waals surface area (Å²) in [7, 11) is 1.83. The number of halogens is 2. The second kappa shape index (κ2) is 8.80. The number of nitrogens with one attached hydrogen (secondary N) is 1. The number of hydrogen-bond acceptors (Lipinski definition) is 3. The van der Waals surface area contributed by atoms with Gasteiger partial charge in [-0.1, -0.05) is 34.1 Å². The number of benzene rings is 2. The molecule has 0 aliphatic heterocycles. The lowest BCUT2D eigenvalue weighted by Gasteiger charge is -2.24. The van der Waals surface area contributed by atoms with Crippen LogP contribution in [0, 0.1) is 5.82 Å². The van der Waals surface area contributed by atoms with Crippen LogP contribution in [0.4, 0.5) is 10.1 Å². The summed E-state index contributed by atoms with van der Waals surface area (Å²) in [6, 6.07) is 13.6. The van der Waals surface area contributed by atoms with Gasteiger partial charge < -0.3 is 10.1 Å². The number of carbonyl (C=O) groups is 1. The quantitative estimate of drug-likeness (QED) is 0.773. The second-order valence-electron chi connectivity index (χ2n) is 5.43. The van der Waals surface area contributed by atoms with Crippen LogP contribution in [0.25, 0.3) is 0 Å². The third-order valence-corrected chi connectivity index (χ3v) is 4.18. The molecule has 2 aromatic carbocycles. The van der Waals surface area contributed by atoms with Crippen LogP contribution in [0.2, 0.25) is 0 Å². The highest BCUT2D eigenvalue weighted by molar-refractivity contribution is 9.10. The van der Waals surface area contributed by atoms with Crippen LogP contribution in [-0.4, -0.2) is 37.0 Å². The van der Waals surface area contributed by atoms with Gasteiger partial charge in [0.15, 0.2) is 0 Å². The van der Waals surface area contributed by atoms with Crippen LogP contribution in [-0.2, 0) is 4.79 Å². The molecule has 0 radical (unpaired) electrons. The maximum Gasteiger partial charge on any atom is 0.241 e. The van der Waals surface area contributed by atoms with Crippen molar-refractivity contribution in [3.05, 3.63) is 58.8 Å². The molecule has 0 saturated heterocycles. The molecule has 1 amide bonds. The van der Waals surface area contributed by atoms with E-state index in [2.05, 4.69) is 21.2 Å². The first-order valence-electron chi connectivity index (χ1n) is 7.61. The van der Waals surface area contributed by atoms with Crippen LogP contribution >= 0.6 is 15.9 Å². The van der Waals surface area contributed by atoms with E-state index in [1.165, 1.54) is 12.1 Å². The molecule has 1 unspecified atom stereocenters. The van der Waals surface area contributed by atoms with E-state index in [0.29, 0.717) is 17.6 Å². The number of rotatable bonds is 7. The summed E-state index contributed by atoms with van der Waals surface area (Å²) in [5.41, 5.74) is 0.170. The van der Waals surface area contributed by atoms with E-state index in [0.717, 1.165) is 5.75 Å². The van der Waals surface area contributed by atoms with Crippen molar-refractivity contribution in [3.63, 3.8) is 0 Å². The van der Waals surface area contributed by atoms with Crippen molar-refractivity contribution in [2.45, 2.75) is 13.0 Å². The zero-order chi connectivity index (χ0) is 17.5. The topological polar surface area (TPSA) is 41.6 Å².